The monoisotopic (exact) mass is 318 g/mol. The molecule has 120 valence electrons. The average Bonchev–Trinajstić information content (AvgIpc) is 2.95. The van der Waals surface area contributed by atoms with Crippen molar-refractivity contribution in [2.75, 3.05) is 20.0 Å². The first-order valence-electron chi connectivity index (χ1n) is 7.73. The predicted molar refractivity (Wildman–Crippen MR) is 98.3 cm³/mol. The molecule has 3 aromatic carbocycles. The van der Waals surface area contributed by atoms with Gasteiger partial charge in [-0.3, -0.25) is 0 Å². The van der Waals surface area contributed by atoms with Crippen LogP contribution in [0, 0.1) is 0 Å². The molecule has 0 spiro atoms. The van der Waals surface area contributed by atoms with E-state index in [0.717, 1.165) is 44.7 Å². The first-order valence-corrected chi connectivity index (χ1v) is 7.73. The van der Waals surface area contributed by atoms with Gasteiger partial charge in [-0.05, 0) is 60.7 Å². The number of aromatic nitrogens is 1. The van der Waals surface area contributed by atoms with Crippen LogP contribution in [0.1, 0.15) is 0 Å². The first-order chi connectivity index (χ1) is 11.7. The van der Waals surface area contributed by atoms with Crippen LogP contribution in [0.4, 0.5) is 5.69 Å². The number of fused-ring (bicyclic) bond motifs is 3. The molecule has 0 atom stereocenters. The lowest BCUT2D eigenvalue weighted by molar-refractivity contribution is 0.415. The van der Waals surface area contributed by atoms with Crippen LogP contribution < -0.4 is 15.2 Å². The Morgan fingerprint density at radius 3 is 1.67 bits per heavy atom. The minimum Gasteiger partial charge on any atom is -0.497 e. The summed E-state index contributed by atoms with van der Waals surface area (Å²) >= 11 is 0. The Balaban J connectivity index is 2.12. The molecule has 0 fully saturated rings. The Labute approximate surface area is 140 Å². The van der Waals surface area contributed by atoms with Gasteiger partial charge in [0.05, 0.1) is 25.3 Å². The second-order valence-corrected chi connectivity index (χ2v) is 5.69. The molecular weight excluding hydrogens is 300 g/mol. The van der Waals surface area contributed by atoms with E-state index in [-0.39, 0.29) is 0 Å². The van der Waals surface area contributed by atoms with E-state index in [1.54, 1.807) is 14.2 Å². The van der Waals surface area contributed by atoms with Gasteiger partial charge in [-0.25, -0.2) is 0 Å². The van der Waals surface area contributed by atoms with Crippen molar-refractivity contribution >= 4 is 27.5 Å². The number of hydrogen-bond acceptors (Lipinski definition) is 3. The number of rotatable bonds is 3. The van der Waals surface area contributed by atoms with Crippen molar-refractivity contribution in [1.29, 1.82) is 0 Å². The van der Waals surface area contributed by atoms with Crippen molar-refractivity contribution in [2.45, 2.75) is 0 Å². The molecular formula is C20H18N2O2. The summed E-state index contributed by atoms with van der Waals surface area (Å²) in [5, 5.41) is 2.25. The molecule has 2 N–H and O–H groups in total. The maximum absolute atomic E-state index is 5.84. The zero-order valence-corrected chi connectivity index (χ0v) is 13.6. The van der Waals surface area contributed by atoms with E-state index in [1.165, 1.54) is 0 Å². The number of nitrogen functional groups attached to an aromatic ring is 1. The van der Waals surface area contributed by atoms with E-state index in [4.69, 9.17) is 15.2 Å². The van der Waals surface area contributed by atoms with E-state index in [1.807, 2.05) is 36.4 Å². The summed E-state index contributed by atoms with van der Waals surface area (Å²) in [5.41, 5.74) is 9.89. The Hall–Kier alpha value is -3.14. The fourth-order valence-corrected chi connectivity index (χ4v) is 3.14. The SMILES string of the molecule is COc1ccc2c(c1)c1cc(OC)ccc1n2-c1ccc(N)cc1. The smallest absolute Gasteiger partial charge is 0.119 e. The lowest BCUT2D eigenvalue weighted by Gasteiger charge is -2.08. The molecule has 4 aromatic rings. The van der Waals surface area contributed by atoms with Crippen LogP contribution in [0.5, 0.6) is 11.5 Å². The highest BCUT2D eigenvalue weighted by Crippen LogP contribution is 2.36. The lowest BCUT2D eigenvalue weighted by atomic mass is 10.1. The third-order valence-electron chi connectivity index (χ3n) is 4.33. The maximum Gasteiger partial charge on any atom is 0.119 e. The summed E-state index contributed by atoms with van der Waals surface area (Å²) in [4.78, 5) is 0. The van der Waals surface area contributed by atoms with Crippen molar-refractivity contribution in [3.8, 4) is 17.2 Å². The summed E-state index contributed by atoms with van der Waals surface area (Å²) in [6.45, 7) is 0. The van der Waals surface area contributed by atoms with Gasteiger partial charge >= 0.3 is 0 Å². The highest BCUT2D eigenvalue weighted by atomic mass is 16.5. The van der Waals surface area contributed by atoms with Crippen LogP contribution in [-0.2, 0) is 0 Å². The average molecular weight is 318 g/mol. The van der Waals surface area contributed by atoms with Gasteiger partial charge in [0, 0.05) is 22.1 Å². The zero-order chi connectivity index (χ0) is 16.7. The molecule has 24 heavy (non-hydrogen) atoms. The Kier molecular flexibility index (Phi) is 3.31. The van der Waals surface area contributed by atoms with Gasteiger partial charge in [0.15, 0.2) is 0 Å². The molecule has 0 saturated carbocycles. The van der Waals surface area contributed by atoms with Gasteiger partial charge in [0.2, 0.25) is 0 Å². The topological polar surface area (TPSA) is 49.4 Å². The number of benzene rings is 3. The van der Waals surface area contributed by atoms with E-state index in [2.05, 4.69) is 28.8 Å². The van der Waals surface area contributed by atoms with Gasteiger partial charge < -0.3 is 19.8 Å². The number of anilines is 1. The highest BCUT2D eigenvalue weighted by molar-refractivity contribution is 6.10. The Morgan fingerprint density at radius 2 is 1.21 bits per heavy atom. The standard InChI is InChI=1S/C20H18N2O2/c1-23-15-7-9-19-17(11-15)18-12-16(24-2)8-10-20(18)22(19)14-5-3-13(21)4-6-14/h3-12H,21H2,1-2H3. The van der Waals surface area contributed by atoms with E-state index in [0.29, 0.717) is 0 Å². The number of nitrogens with two attached hydrogens (primary N) is 1. The second-order valence-electron chi connectivity index (χ2n) is 5.69. The largest absolute Gasteiger partial charge is 0.497 e. The van der Waals surface area contributed by atoms with Gasteiger partial charge in [-0.15, -0.1) is 0 Å². The third-order valence-corrected chi connectivity index (χ3v) is 4.33. The molecule has 0 amide bonds. The van der Waals surface area contributed by atoms with Gasteiger partial charge in [0.1, 0.15) is 11.5 Å². The maximum atomic E-state index is 5.84. The first kappa shape index (κ1) is 14.5. The Bertz CT molecular complexity index is 972. The van der Waals surface area contributed by atoms with Gasteiger partial charge in [-0.1, -0.05) is 0 Å². The quantitative estimate of drug-likeness (QED) is 0.570. The fraction of sp³-hybridized carbons (Fsp3) is 0.100. The van der Waals surface area contributed by atoms with Crippen LogP contribution in [-0.4, -0.2) is 18.8 Å². The van der Waals surface area contributed by atoms with Gasteiger partial charge in [0.25, 0.3) is 0 Å². The summed E-state index contributed by atoms with van der Waals surface area (Å²) in [5.74, 6) is 1.67. The summed E-state index contributed by atoms with van der Waals surface area (Å²) in [7, 11) is 3.36. The molecule has 0 radical (unpaired) electrons. The third kappa shape index (κ3) is 2.15. The predicted octanol–water partition coefficient (Wildman–Crippen LogP) is 4.38. The van der Waals surface area contributed by atoms with Crippen LogP contribution in [0.3, 0.4) is 0 Å². The minimum atomic E-state index is 0.753. The summed E-state index contributed by atoms with van der Waals surface area (Å²) < 4.78 is 13.0. The summed E-state index contributed by atoms with van der Waals surface area (Å²) in [6, 6.07) is 20.1. The van der Waals surface area contributed by atoms with Crippen molar-refractivity contribution in [2.24, 2.45) is 0 Å². The molecule has 0 aliphatic carbocycles. The minimum absolute atomic E-state index is 0.753. The van der Waals surface area contributed by atoms with Crippen LogP contribution in [0.25, 0.3) is 27.5 Å². The molecule has 0 saturated heterocycles. The fourth-order valence-electron chi connectivity index (χ4n) is 3.14. The van der Waals surface area contributed by atoms with E-state index < -0.39 is 0 Å². The van der Waals surface area contributed by atoms with Gasteiger partial charge in [-0.2, -0.15) is 0 Å². The second kappa shape index (κ2) is 5.49. The van der Waals surface area contributed by atoms with Crippen molar-refractivity contribution < 1.29 is 9.47 Å². The molecule has 0 aliphatic rings. The molecule has 4 rings (SSSR count). The zero-order valence-electron chi connectivity index (χ0n) is 13.6. The lowest BCUT2D eigenvalue weighted by Crippen LogP contribution is -1.94. The van der Waals surface area contributed by atoms with Crippen LogP contribution in [0.2, 0.25) is 0 Å². The molecule has 0 aliphatic heterocycles. The number of nitrogens with zero attached hydrogens (tertiary/aromatic N) is 1. The molecule has 4 nitrogen and oxygen atoms in total. The summed E-state index contributed by atoms with van der Waals surface area (Å²) in [6.07, 6.45) is 0. The Morgan fingerprint density at radius 1 is 0.708 bits per heavy atom. The molecule has 1 heterocycles. The molecule has 4 heteroatoms. The number of hydrogen-bond donors (Lipinski definition) is 1. The molecule has 0 unspecified atom stereocenters. The van der Waals surface area contributed by atoms with Crippen molar-refractivity contribution in [3.63, 3.8) is 0 Å². The molecule has 1 aromatic heterocycles. The normalized spacial score (nSPS) is 11.1. The number of methoxy groups -OCH3 is 2. The van der Waals surface area contributed by atoms with Crippen molar-refractivity contribution in [1.82, 2.24) is 4.57 Å². The van der Waals surface area contributed by atoms with Crippen LogP contribution >= 0.6 is 0 Å². The molecule has 0 bridgehead atoms. The highest BCUT2D eigenvalue weighted by Gasteiger charge is 2.13. The van der Waals surface area contributed by atoms with E-state index in [9.17, 15) is 0 Å². The number of ether oxygens (including phenoxy) is 2. The van der Waals surface area contributed by atoms with E-state index >= 15 is 0 Å². The van der Waals surface area contributed by atoms with Crippen LogP contribution in [0.15, 0.2) is 60.7 Å². The van der Waals surface area contributed by atoms with Crippen molar-refractivity contribution in [3.05, 3.63) is 60.7 Å².